The molecule has 0 aliphatic rings. The lowest BCUT2D eigenvalue weighted by Gasteiger charge is -2.30. The van der Waals surface area contributed by atoms with E-state index in [1.807, 2.05) is 54.6 Å². The summed E-state index contributed by atoms with van der Waals surface area (Å²) < 4.78 is 10.2. The van der Waals surface area contributed by atoms with E-state index in [0.29, 0.717) is 26.1 Å². The molecule has 0 unspecified atom stereocenters. The number of ether oxygens (including phenoxy) is 2. The van der Waals surface area contributed by atoms with Crippen molar-refractivity contribution in [1.29, 1.82) is 0 Å². The third-order valence-electron chi connectivity index (χ3n) is 4.47. The number of carbonyl (C=O) groups excluding carboxylic acids is 2. The Bertz CT molecular complexity index is 747. The topological polar surface area (TPSA) is 67.9 Å². The van der Waals surface area contributed by atoms with Crippen molar-refractivity contribution in [1.82, 2.24) is 10.2 Å². The van der Waals surface area contributed by atoms with Crippen molar-refractivity contribution in [2.45, 2.75) is 25.9 Å². The average Bonchev–Trinajstić information content (AvgIpc) is 2.71. The lowest BCUT2D eigenvalue weighted by molar-refractivity contribution is -0.139. The second kappa shape index (κ2) is 11.1. The van der Waals surface area contributed by atoms with Gasteiger partial charge >= 0.3 is 0 Å². The second-order valence-corrected chi connectivity index (χ2v) is 6.48. The zero-order chi connectivity index (χ0) is 20.4. The third-order valence-corrected chi connectivity index (χ3v) is 4.47. The first-order valence-corrected chi connectivity index (χ1v) is 9.26. The van der Waals surface area contributed by atoms with Crippen molar-refractivity contribution in [2.75, 3.05) is 27.4 Å². The fraction of sp³-hybridized carbons (Fsp3) is 0.364. The van der Waals surface area contributed by atoms with Gasteiger partial charge in [-0.1, -0.05) is 42.5 Å². The van der Waals surface area contributed by atoms with Gasteiger partial charge in [-0.15, -0.1) is 0 Å². The summed E-state index contributed by atoms with van der Waals surface area (Å²) in [5.74, 6) is 0.402. The molecule has 0 aliphatic carbocycles. The number of carbonyl (C=O) groups is 2. The summed E-state index contributed by atoms with van der Waals surface area (Å²) in [4.78, 5) is 26.9. The first-order chi connectivity index (χ1) is 13.5. The molecular formula is C22H28N2O4. The monoisotopic (exact) mass is 384 g/mol. The van der Waals surface area contributed by atoms with Gasteiger partial charge in [0.15, 0.2) is 0 Å². The van der Waals surface area contributed by atoms with E-state index in [2.05, 4.69) is 5.32 Å². The summed E-state index contributed by atoms with van der Waals surface area (Å²) in [6.45, 7) is 2.65. The number of methoxy groups -OCH3 is 2. The first-order valence-electron chi connectivity index (χ1n) is 9.26. The Morgan fingerprint density at radius 3 is 2.25 bits per heavy atom. The minimum atomic E-state index is -0.612. The van der Waals surface area contributed by atoms with E-state index >= 15 is 0 Å². The quantitative estimate of drug-likeness (QED) is 0.639. The molecule has 28 heavy (non-hydrogen) atoms. The molecule has 0 saturated carbocycles. The highest BCUT2D eigenvalue weighted by atomic mass is 16.5. The van der Waals surface area contributed by atoms with E-state index in [1.54, 1.807) is 19.1 Å². The average molecular weight is 384 g/mol. The van der Waals surface area contributed by atoms with E-state index in [4.69, 9.17) is 9.47 Å². The molecule has 2 aromatic carbocycles. The normalized spacial score (nSPS) is 11.5. The van der Waals surface area contributed by atoms with E-state index in [1.165, 1.54) is 6.92 Å². The van der Waals surface area contributed by atoms with Crippen LogP contribution < -0.4 is 10.1 Å². The maximum atomic E-state index is 12.9. The van der Waals surface area contributed by atoms with Crippen LogP contribution in [0.2, 0.25) is 0 Å². The Hall–Kier alpha value is -2.86. The van der Waals surface area contributed by atoms with Crippen molar-refractivity contribution >= 4 is 11.8 Å². The summed E-state index contributed by atoms with van der Waals surface area (Å²) in [6.07, 6.45) is 0.440. The van der Waals surface area contributed by atoms with Crippen LogP contribution in [0.15, 0.2) is 54.6 Å². The van der Waals surface area contributed by atoms with Crippen molar-refractivity contribution in [3.8, 4) is 5.75 Å². The molecule has 150 valence electrons. The number of benzene rings is 2. The standard InChI is InChI=1S/C22H28N2O4/c1-17(25)24(16-19-9-11-20(28-3)12-10-19)21(22(26)23-13-14-27-2)15-18-7-5-4-6-8-18/h4-12,21H,13-16H2,1-3H3,(H,23,26)/t21-/m1/s1. The molecule has 0 spiro atoms. The number of amides is 2. The predicted octanol–water partition coefficient (Wildman–Crippen LogP) is 2.42. The Balaban J connectivity index is 2.23. The van der Waals surface area contributed by atoms with Crippen LogP contribution in [0.25, 0.3) is 0 Å². The van der Waals surface area contributed by atoms with Gasteiger partial charge in [-0.25, -0.2) is 0 Å². The van der Waals surface area contributed by atoms with E-state index in [-0.39, 0.29) is 11.8 Å². The molecule has 0 heterocycles. The highest BCUT2D eigenvalue weighted by Gasteiger charge is 2.28. The Labute approximate surface area is 166 Å². The number of hydrogen-bond acceptors (Lipinski definition) is 4. The fourth-order valence-corrected chi connectivity index (χ4v) is 2.94. The zero-order valence-electron chi connectivity index (χ0n) is 16.7. The molecule has 2 aromatic rings. The van der Waals surface area contributed by atoms with Crippen LogP contribution in [0.1, 0.15) is 18.1 Å². The number of rotatable bonds is 10. The largest absolute Gasteiger partial charge is 0.497 e. The summed E-state index contributed by atoms with van der Waals surface area (Å²) in [5.41, 5.74) is 1.93. The lowest BCUT2D eigenvalue weighted by atomic mass is 10.0. The van der Waals surface area contributed by atoms with Crippen LogP contribution in [0.5, 0.6) is 5.75 Å². The van der Waals surface area contributed by atoms with Gasteiger partial charge in [0.2, 0.25) is 11.8 Å². The lowest BCUT2D eigenvalue weighted by Crippen LogP contribution is -2.50. The van der Waals surface area contributed by atoms with Crippen molar-refractivity contribution in [3.63, 3.8) is 0 Å². The maximum absolute atomic E-state index is 12.9. The fourth-order valence-electron chi connectivity index (χ4n) is 2.94. The highest BCUT2D eigenvalue weighted by Crippen LogP contribution is 2.17. The van der Waals surface area contributed by atoms with E-state index < -0.39 is 6.04 Å². The van der Waals surface area contributed by atoms with Crippen LogP contribution in [0, 0.1) is 0 Å². The van der Waals surface area contributed by atoms with Gasteiger partial charge in [-0.2, -0.15) is 0 Å². The van der Waals surface area contributed by atoms with Crippen LogP contribution in [-0.4, -0.2) is 50.1 Å². The molecule has 0 aliphatic heterocycles. The van der Waals surface area contributed by atoms with E-state index in [0.717, 1.165) is 16.9 Å². The molecular weight excluding hydrogens is 356 g/mol. The predicted molar refractivity (Wildman–Crippen MR) is 108 cm³/mol. The van der Waals surface area contributed by atoms with Crippen molar-refractivity contribution < 1.29 is 19.1 Å². The Morgan fingerprint density at radius 2 is 1.68 bits per heavy atom. The molecule has 6 heteroatoms. The maximum Gasteiger partial charge on any atom is 0.243 e. The van der Waals surface area contributed by atoms with Crippen LogP contribution in [-0.2, 0) is 27.3 Å². The van der Waals surface area contributed by atoms with Gasteiger partial charge in [0.25, 0.3) is 0 Å². The van der Waals surface area contributed by atoms with Crippen molar-refractivity contribution in [2.24, 2.45) is 0 Å². The molecule has 1 N–H and O–H groups in total. The number of nitrogens with zero attached hydrogens (tertiary/aromatic N) is 1. The highest BCUT2D eigenvalue weighted by molar-refractivity contribution is 5.87. The molecule has 0 fully saturated rings. The molecule has 1 atom stereocenters. The van der Waals surface area contributed by atoms with Gasteiger partial charge in [0.1, 0.15) is 11.8 Å². The number of nitrogens with one attached hydrogen (secondary N) is 1. The van der Waals surface area contributed by atoms with Gasteiger partial charge < -0.3 is 19.7 Å². The molecule has 2 rings (SSSR count). The smallest absolute Gasteiger partial charge is 0.243 e. The summed E-state index contributed by atoms with van der Waals surface area (Å²) in [7, 11) is 3.19. The molecule has 0 saturated heterocycles. The molecule has 0 bridgehead atoms. The molecule has 2 amide bonds. The molecule has 0 radical (unpaired) electrons. The minimum absolute atomic E-state index is 0.154. The Kier molecular flexibility index (Phi) is 8.49. The zero-order valence-corrected chi connectivity index (χ0v) is 16.7. The second-order valence-electron chi connectivity index (χ2n) is 6.48. The van der Waals surface area contributed by atoms with Crippen LogP contribution in [0.3, 0.4) is 0 Å². The van der Waals surface area contributed by atoms with Gasteiger partial charge in [0.05, 0.1) is 13.7 Å². The van der Waals surface area contributed by atoms with Crippen LogP contribution in [0.4, 0.5) is 0 Å². The Morgan fingerprint density at radius 1 is 1.00 bits per heavy atom. The van der Waals surface area contributed by atoms with Gasteiger partial charge in [0, 0.05) is 33.5 Å². The third kappa shape index (κ3) is 6.39. The van der Waals surface area contributed by atoms with E-state index in [9.17, 15) is 9.59 Å². The first kappa shape index (κ1) is 21.4. The van der Waals surface area contributed by atoms with Crippen LogP contribution >= 0.6 is 0 Å². The van der Waals surface area contributed by atoms with Gasteiger partial charge in [-0.05, 0) is 23.3 Å². The minimum Gasteiger partial charge on any atom is -0.497 e. The van der Waals surface area contributed by atoms with Crippen molar-refractivity contribution in [3.05, 3.63) is 65.7 Å². The number of hydrogen-bond donors (Lipinski definition) is 1. The summed E-state index contributed by atoms with van der Waals surface area (Å²) in [6, 6.07) is 16.6. The molecule has 0 aromatic heterocycles. The molecule has 6 nitrogen and oxygen atoms in total. The van der Waals surface area contributed by atoms with Gasteiger partial charge in [-0.3, -0.25) is 9.59 Å². The summed E-state index contributed by atoms with van der Waals surface area (Å²) >= 11 is 0. The SMILES string of the molecule is COCCNC(=O)[C@@H](Cc1ccccc1)N(Cc1ccc(OC)cc1)C(C)=O. The summed E-state index contributed by atoms with van der Waals surface area (Å²) in [5, 5.41) is 2.87.